The fourth-order valence-corrected chi connectivity index (χ4v) is 3.76. The van der Waals surface area contributed by atoms with Crippen LogP contribution in [-0.2, 0) is 16.1 Å². The maximum Gasteiger partial charge on any atom is 0.323 e. The number of aromatic nitrogens is 3. The molecule has 1 aromatic heterocycles. The summed E-state index contributed by atoms with van der Waals surface area (Å²) in [6.07, 6.45) is 2.97. The highest BCUT2D eigenvalue weighted by atomic mass is 32.2. The monoisotopic (exact) mass is 388 g/mol. The Kier molecular flexibility index (Phi) is 6.49. The highest BCUT2D eigenvalue weighted by Gasteiger charge is 2.30. The van der Waals surface area contributed by atoms with Crippen molar-refractivity contribution in [1.29, 1.82) is 0 Å². The van der Waals surface area contributed by atoms with Crippen LogP contribution in [0.25, 0.3) is 0 Å². The van der Waals surface area contributed by atoms with Gasteiger partial charge in [0.15, 0.2) is 5.16 Å². The molecule has 0 atom stereocenters. The first kappa shape index (κ1) is 19.4. The number of nitrogens with zero attached hydrogens (tertiary/aromatic N) is 4. The number of benzene rings is 1. The molecule has 1 heterocycles. The lowest BCUT2D eigenvalue weighted by Gasteiger charge is -2.19. The van der Waals surface area contributed by atoms with Gasteiger partial charge in [0.1, 0.15) is 12.4 Å². The third-order valence-electron chi connectivity index (χ3n) is 4.37. The Balaban J connectivity index is 1.70. The summed E-state index contributed by atoms with van der Waals surface area (Å²) in [5.41, 5.74) is 1.16. The highest BCUT2D eigenvalue weighted by Crippen LogP contribution is 2.40. The second-order valence-corrected chi connectivity index (χ2v) is 7.63. The summed E-state index contributed by atoms with van der Waals surface area (Å²) in [5.74, 6) is 0.404. The molecule has 1 amide bonds. The molecule has 7 nitrogen and oxygen atoms in total. The SMILES string of the molecule is CCCN(CC(=O)O)C(=O)CSc1nnc(C2CC2)n1Cc1ccccc1. The molecule has 1 aromatic carbocycles. The zero-order valence-corrected chi connectivity index (χ0v) is 16.2. The minimum atomic E-state index is -0.995. The van der Waals surface area contributed by atoms with Crippen molar-refractivity contribution in [2.75, 3.05) is 18.8 Å². The van der Waals surface area contributed by atoms with E-state index in [0.717, 1.165) is 30.7 Å². The van der Waals surface area contributed by atoms with Gasteiger partial charge in [-0.25, -0.2) is 0 Å². The lowest BCUT2D eigenvalue weighted by Crippen LogP contribution is -2.37. The minimum absolute atomic E-state index is 0.158. The van der Waals surface area contributed by atoms with Gasteiger partial charge in [-0.1, -0.05) is 49.0 Å². The number of hydrogen-bond acceptors (Lipinski definition) is 5. The smallest absolute Gasteiger partial charge is 0.323 e. The van der Waals surface area contributed by atoms with Gasteiger partial charge in [0, 0.05) is 12.5 Å². The Bertz CT molecular complexity index is 790. The van der Waals surface area contributed by atoms with E-state index in [1.165, 1.54) is 16.7 Å². The van der Waals surface area contributed by atoms with Gasteiger partial charge in [-0.05, 0) is 24.8 Å². The number of amides is 1. The summed E-state index contributed by atoms with van der Waals surface area (Å²) in [6, 6.07) is 10.1. The molecular weight excluding hydrogens is 364 g/mol. The van der Waals surface area contributed by atoms with Gasteiger partial charge in [-0.2, -0.15) is 0 Å². The molecule has 0 radical (unpaired) electrons. The largest absolute Gasteiger partial charge is 0.480 e. The van der Waals surface area contributed by atoms with Crippen LogP contribution in [-0.4, -0.2) is 55.5 Å². The van der Waals surface area contributed by atoms with Crippen LogP contribution >= 0.6 is 11.8 Å². The summed E-state index contributed by atoms with van der Waals surface area (Å²) in [4.78, 5) is 24.8. The third-order valence-corrected chi connectivity index (χ3v) is 5.32. The number of carbonyl (C=O) groups is 2. The van der Waals surface area contributed by atoms with Gasteiger partial charge in [0.25, 0.3) is 0 Å². The summed E-state index contributed by atoms with van der Waals surface area (Å²) in [6.45, 7) is 2.77. The molecule has 0 bridgehead atoms. The van der Waals surface area contributed by atoms with Crippen LogP contribution in [0.5, 0.6) is 0 Å². The molecule has 8 heteroatoms. The summed E-state index contributed by atoms with van der Waals surface area (Å²) in [7, 11) is 0. The summed E-state index contributed by atoms with van der Waals surface area (Å²) < 4.78 is 2.09. The van der Waals surface area contributed by atoms with Gasteiger partial charge in [0.05, 0.1) is 12.3 Å². The van der Waals surface area contributed by atoms with Crippen LogP contribution in [0, 0.1) is 0 Å². The Hall–Kier alpha value is -2.35. The van der Waals surface area contributed by atoms with E-state index in [9.17, 15) is 9.59 Å². The molecule has 2 aromatic rings. The topological polar surface area (TPSA) is 88.3 Å². The van der Waals surface area contributed by atoms with Crippen LogP contribution in [0.15, 0.2) is 35.5 Å². The number of carboxylic acid groups (broad SMARTS) is 1. The van der Waals surface area contributed by atoms with E-state index in [1.807, 2.05) is 25.1 Å². The first-order valence-electron chi connectivity index (χ1n) is 9.17. The number of rotatable bonds is 10. The van der Waals surface area contributed by atoms with Gasteiger partial charge in [-0.3, -0.25) is 9.59 Å². The second kappa shape index (κ2) is 9.03. The van der Waals surface area contributed by atoms with Crippen LogP contribution < -0.4 is 0 Å². The Morgan fingerprint density at radius 1 is 1.26 bits per heavy atom. The van der Waals surface area contributed by atoms with E-state index in [2.05, 4.69) is 26.9 Å². The first-order chi connectivity index (χ1) is 13.1. The average Bonchev–Trinajstić information content (AvgIpc) is 3.42. The maximum atomic E-state index is 12.4. The second-order valence-electron chi connectivity index (χ2n) is 6.68. The van der Waals surface area contributed by atoms with Crippen molar-refractivity contribution in [1.82, 2.24) is 19.7 Å². The molecule has 1 N–H and O–H groups in total. The van der Waals surface area contributed by atoms with Crippen molar-refractivity contribution < 1.29 is 14.7 Å². The molecule has 1 aliphatic rings. The third kappa shape index (κ3) is 5.32. The first-order valence-corrected chi connectivity index (χ1v) is 10.2. The molecule has 3 rings (SSSR count). The number of thioether (sulfide) groups is 1. The van der Waals surface area contributed by atoms with Crippen molar-refractivity contribution in [2.24, 2.45) is 0 Å². The Morgan fingerprint density at radius 2 is 2.00 bits per heavy atom. The number of aliphatic carboxylic acids is 1. The standard InChI is InChI=1S/C19H24N4O3S/c1-2-10-22(12-17(25)26)16(24)13-27-19-21-20-18(15-8-9-15)23(19)11-14-6-4-3-5-7-14/h3-7,15H,2,8-13H2,1H3,(H,25,26). The summed E-state index contributed by atoms with van der Waals surface area (Å²) in [5, 5.41) is 18.4. The van der Waals surface area contributed by atoms with Crippen molar-refractivity contribution in [3.05, 3.63) is 41.7 Å². The molecular formula is C19H24N4O3S. The van der Waals surface area contributed by atoms with E-state index in [1.54, 1.807) is 0 Å². The van der Waals surface area contributed by atoms with Gasteiger partial charge in [0.2, 0.25) is 5.91 Å². The quantitative estimate of drug-likeness (QED) is 0.630. The molecule has 144 valence electrons. The average molecular weight is 388 g/mol. The van der Waals surface area contributed by atoms with E-state index in [4.69, 9.17) is 5.11 Å². The number of carboxylic acids is 1. The van der Waals surface area contributed by atoms with Crippen LogP contribution in [0.2, 0.25) is 0 Å². The van der Waals surface area contributed by atoms with E-state index < -0.39 is 5.97 Å². The molecule has 27 heavy (non-hydrogen) atoms. The fraction of sp³-hybridized carbons (Fsp3) is 0.474. The van der Waals surface area contributed by atoms with Crippen LogP contribution in [0.3, 0.4) is 0 Å². The Morgan fingerprint density at radius 3 is 2.63 bits per heavy atom. The van der Waals surface area contributed by atoms with Crippen molar-refractivity contribution in [3.8, 4) is 0 Å². The molecule has 0 aliphatic heterocycles. The molecule has 0 unspecified atom stereocenters. The van der Waals surface area contributed by atoms with E-state index >= 15 is 0 Å². The maximum absolute atomic E-state index is 12.4. The molecule has 1 saturated carbocycles. The lowest BCUT2D eigenvalue weighted by molar-refractivity contribution is -0.143. The van der Waals surface area contributed by atoms with Crippen molar-refractivity contribution >= 4 is 23.6 Å². The Labute approximate surface area is 162 Å². The molecule has 0 spiro atoms. The summed E-state index contributed by atoms with van der Waals surface area (Å²) >= 11 is 1.33. The van der Waals surface area contributed by atoms with Crippen molar-refractivity contribution in [3.63, 3.8) is 0 Å². The normalized spacial score (nSPS) is 13.5. The highest BCUT2D eigenvalue weighted by molar-refractivity contribution is 7.99. The molecule has 1 aliphatic carbocycles. The van der Waals surface area contributed by atoms with Crippen molar-refractivity contribution in [2.45, 2.75) is 43.8 Å². The minimum Gasteiger partial charge on any atom is -0.480 e. The zero-order valence-electron chi connectivity index (χ0n) is 15.4. The van der Waals surface area contributed by atoms with Gasteiger partial charge < -0.3 is 14.6 Å². The predicted octanol–water partition coefficient (Wildman–Crippen LogP) is 2.62. The fourth-order valence-electron chi connectivity index (χ4n) is 2.91. The zero-order chi connectivity index (χ0) is 19.2. The predicted molar refractivity (Wildman–Crippen MR) is 103 cm³/mol. The van der Waals surface area contributed by atoms with Gasteiger partial charge >= 0.3 is 5.97 Å². The van der Waals surface area contributed by atoms with E-state index in [0.29, 0.717) is 24.2 Å². The number of hydrogen-bond donors (Lipinski definition) is 1. The molecule has 1 fully saturated rings. The van der Waals surface area contributed by atoms with Crippen LogP contribution in [0.4, 0.5) is 0 Å². The number of carbonyl (C=O) groups excluding carboxylic acids is 1. The lowest BCUT2D eigenvalue weighted by atomic mass is 10.2. The van der Waals surface area contributed by atoms with E-state index in [-0.39, 0.29) is 18.2 Å². The van der Waals surface area contributed by atoms with Gasteiger partial charge in [-0.15, -0.1) is 10.2 Å². The molecule has 0 saturated heterocycles. The van der Waals surface area contributed by atoms with Crippen LogP contribution in [0.1, 0.15) is 43.5 Å².